The number of hydrogen-bond donors (Lipinski definition) is 1. The first-order chi connectivity index (χ1) is 17.1. The van der Waals surface area contributed by atoms with Crippen LogP contribution in [-0.2, 0) is 23.1 Å². The molecule has 0 aliphatic heterocycles. The van der Waals surface area contributed by atoms with Gasteiger partial charge in [-0.3, -0.25) is 9.36 Å². The Balaban J connectivity index is 3.62. The molecule has 36 heavy (non-hydrogen) atoms. The molecule has 0 saturated carbocycles. The average molecular weight is 534 g/mol. The van der Waals surface area contributed by atoms with Gasteiger partial charge in [0.2, 0.25) is 0 Å². The highest BCUT2D eigenvalue weighted by atomic mass is 31.2. The summed E-state index contributed by atoms with van der Waals surface area (Å²) >= 11 is 0. The highest BCUT2D eigenvalue weighted by molar-refractivity contribution is 7.45. The van der Waals surface area contributed by atoms with E-state index in [1.54, 1.807) is 0 Å². The Bertz CT molecular complexity index is 647. The molecular weight excluding hydrogens is 481 g/mol. The molecule has 212 valence electrons. The maximum atomic E-state index is 11.8. The molecule has 9 heteroatoms. The van der Waals surface area contributed by atoms with E-state index < -0.39 is 26.5 Å². The summed E-state index contributed by atoms with van der Waals surface area (Å²) in [7, 11) is 1.24. The Morgan fingerprint density at radius 3 is 2.08 bits per heavy atom. The van der Waals surface area contributed by atoms with Crippen LogP contribution in [0.5, 0.6) is 0 Å². The molecule has 0 radical (unpaired) electrons. The number of nitrogens with zero attached hydrogens (tertiary/aromatic N) is 1. The smallest absolute Gasteiger partial charge is 0.305 e. The maximum Gasteiger partial charge on any atom is 0.305 e. The molecule has 8 nitrogen and oxygen atoms in total. The third-order valence-electron chi connectivity index (χ3n) is 5.45. The van der Waals surface area contributed by atoms with E-state index in [4.69, 9.17) is 9.26 Å². The molecule has 0 aliphatic carbocycles. The molecule has 0 heterocycles. The zero-order valence-corrected chi connectivity index (χ0v) is 24.1. The van der Waals surface area contributed by atoms with Crippen molar-refractivity contribution >= 4 is 13.8 Å². The van der Waals surface area contributed by atoms with Gasteiger partial charge in [-0.2, -0.15) is 0 Å². The predicted molar refractivity (Wildman–Crippen MR) is 143 cm³/mol. The van der Waals surface area contributed by atoms with E-state index in [0.717, 1.165) is 44.9 Å². The van der Waals surface area contributed by atoms with Crippen molar-refractivity contribution < 1.29 is 37.6 Å². The third-order valence-corrected chi connectivity index (χ3v) is 6.42. The number of aliphatic hydroxyl groups excluding tert-OH is 1. The zero-order valence-electron chi connectivity index (χ0n) is 23.2. The van der Waals surface area contributed by atoms with Crippen molar-refractivity contribution in [2.45, 2.75) is 96.5 Å². The van der Waals surface area contributed by atoms with E-state index in [-0.39, 0.29) is 19.6 Å². The number of esters is 1. The largest absolute Gasteiger partial charge is 0.756 e. The van der Waals surface area contributed by atoms with Crippen LogP contribution < -0.4 is 4.89 Å². The molecule has 0 aromatic carbocycles. The second-order valence-corrected chi connectivity index (χ2v) is 11.7. The second-order valence-electron chi connectivity index (χ2n) is 10.3. The average Bonchev–Trinajstić information content (AvgIpc) is 2.80. The van der Waals surface area contributed by atoms with Crippen molar-refractivity contribution in [1.29, 1.82) is 0 Å². The number of rotatable bonds is 24. The first kappa shape index (κ1) is 35.0. The fourth-order valence-corrected chi connectivity index (χ4v) is 3.94. The van der Waals surface area contributed by atoms with Crippen LogP contribution in [0.3, 0.4) is 0 Å². The molecule has 0 spiro atoms. The van der Waals surface area contributed by atoms with Crippen molar-refractivity contribution in [3.63, 3.8) is 0 Å². The number of unbranched alkanes of at least 4 members (excludes halogenated alkanes) is 9. The van der Waals surface area contributed by atoms with Gasteiger partial charge in [0, 0.05) is 6.42 Å². The number of allylic oxidation sites excluding steroid dienone is 4. The first-order valence-electron chi connectivity index (χ1n) is 13.6. The van der Waals surface area contributed by atoms with Crippen molar-refractivity contribution in [3.05, 3.63) is 24.3 Å². The predicted octanol–water partition coefficient (Wildman–Crippen LogP) is 5.30. The van der Waals surface area contributed by atoms with Gasteiger partial charge >= 0.3 is 5.97 Å². The van der Waals surface area contributed by atoms with Gasteiger partial charge in [0.25, 0.3) is 7.82 Å². The number of carbonyl (C=O) groups is 1. The number of aliphatic hydroxyl groups is 1. The van der Waals surface area contributed by atoms with Gasteiger partial charge in [0.05, 0.1) is 27.7 Å². The highest BCUT2D eigenvalue weighted by Crippen LogP contribution is 2.38. The molecule has 0 saturated heterocycles. The Morgan fingerprint density at radius 2 is 1.47 bits per heavy atom. The van der Waals surface area contributed by atoms with E-state index in [2.05, 4.69) is 35.8 Å². The molecule has 1 unspecified atom stereocenters. The fraction of sp³-hybridized carbons (Fsp3) is 0.815. The van der Waals surface area contributed by atoms with Crippen LogP contribution in [0.1, 0.15) is 90.4 Å². The minimum atomic E-state index is -4.49. The maximum absolute atomic E-state index is 11.8. The van der Waals surface area contributed by atoms with Gasteiger partial charge < -0.3 is 28.3 Å². The highest BCUT2D eigenvalue weighted by Gasteiger charge is 2.16. The monoisotopic (exact) mass is 533 g/mol. The van der Waals surface area contributed by atoms with E-state index in [1.165, 1.54) is 32.1 Å². The molecule has 0 aromatic rings. The lowest BCUT2D eigenvalue weighted by molar-refractivity contribution is -0.870. The number of ether oxygens (including phenoxy) is 1. The van der Waals surface area contributed by atoms with E-state index in [0.29, 0.717) is 11.0 Å². The molecule has 0 aliphatic rings. The van der Waals surface area contributed by atoms with Crippen LogP contribution in [0.4, 0.5) is 0 Å². The van der Waals surface area contributed by atoms with Gasteiger partial charge in [-0.1, -0.05) is 69.8 Å². The second kappa shape index (κ2) is 22.0. The standard InChI is InChI=1S/C27H52NO7P/c1-5-6-7-8-9-10-11-12-13-14-15-16-17-18-19-20-21-27(30)33-24-26(29)25-35-36(31,32)34-23-22-28(2,3)4/h10-11,13-14,26,29H,5-9,12,15-25H2,1-4H3/b11-10-,14-13-/t26-/m1/s1. The number of quaternary nitrogens is 1. The normalized spacial score (nSPS) is 14.9. The van der Waals surface area contributed by atoms with Crippen LogP contribution in [0.15, 0.2) is 24.3 Å². The molecule has 0 aromatic heterocycles. The first-order valence-corrected chi connectivity index (χ1v) is 15.1. The Morgan fingerprint density at radius 1 is 0.889 bits per heavy atom. The summed E-state index contributed by atoms with van der Waals surface area (Å²) in [6.07, 6.45) is 21.6. The summed E-state index contributed by atoms with van der Waals surface area (Å²) in [5, 5.41) is 9.80. The number of hydrogen-bond acceptors (Lipinski definition) is 7. The lowest BCUT2D eigenvalue weighted by Gasteiger charge is -2.27. The number of carbonyl (C=O) groups excluding carboxylic acids is 1. The SMILES string of the molecule is CCCCCC/C=C\C/C=C\CCCCCCCC(=O)OC[C@@H](O)COP(=O)([O-])OCC[N+](C)(C)C. The van der Waals surface area contributed by atoms with Crippen molar-refractivity contribution in [1.82, 2.24) is 0 Å². The van der Waals surface area contributed by atoms with Crippen LogP contribution in [-0.4, -0.2) is 69.2 Å². The lowest BCUT2D eigenvalue weighted by Crippen LogP contribution is -2.37. The summed E-state index contributed by atoms with van der Waals surface area (Å²) < 4.78 is 26.6. The number of phosphoric ester groups is 1. The summed E-state index contributed by atoms with van der Waals surface area (Å²) in [6.45, 7) is 1.89. The molecule has 0 bridgehead atoms. The van der Waals surface area contributed by atoms with Gasteiger partial charge in [0.15, 0.2) is 0 Å². The quantitative estimate of drug-likeness (QED) is 0.0590. The lowest BCUT2D eigenvalue weighted by atomic mass is 10.1. The Labute approximate surface area is 219 Å². The third kappa shape index (κ3) is 26.1. The van der Waals surface area contributed by atoms with Gasteiger partial charge in [0.1, 0.15) is 25.9 Å². The van der Waals surface area contributed by atoms with Crippen LogP contribution in [0.2, 0.25) is 0 Å². The molecule has 0 amide bonds. The fourth-order valence-electron chi connectivity index (χ4n) is 3.21. The minimum Gasteiger partial charge on any atom is -0.756 e. The van der Waals surface area contributed by atoms with Gasteiger partial charge in [-0.05, 0) is 38.5 Å². The molecule has 0 rings (SSSR count). The summed E-state index contributed by atoms with van der Waals surface area (Å²) in [6, 6.07) is 0. The number of phosphoric acid groups is 1. The summed E-state index contributed by atoms with van der Waals surface area (Å²) in [5.41, 5.74) is 0. The molecule has 2 atom stereocenters. The van der Waals surface area contributed by atoms with E-state index in [9.17, 15) is 19.4 Å². The van der Waals surface area contributed by atoms with E-state index in [1.807, 2.05) is 21.1 Å². The molecular formula is C27H52NO7P. The minimum absolute atomic E-state index is 0.0109. The number of likely N-dealkylation sites (N-methyl/N-ethyl adjacent to an activating group) is 1. The van der Waals surface area contributed by atoms with Gasteiger partial charge in [-0.25, -0.2) is 0 Å². The molecule has 1 N–H and O–H groups in total. The Hall–Kier alpha value is -1.02. The van der Waals surface area contributed by atoms with Crippen molar-refractivity contribution in [2.24, 2.45) is 0 Å². The molecule has 0 fully saturated rings. The van der Waals surface area contributed by atoms with Gasteiger partial charge in [-0.15, -0.1) is 0 Å². The Kier molecular flexibility index (Phi) is 21.4. The summed E-state index contributed by atoms with van der Waals surface area (Å²) in [5.74, 6) is -0.403. The topological polar surface area (TPSA) is 105 Å². The zero-order chi connectivity index (χ0) is 27.1. The van der Waals surface area contributed by atoms with Crippen LogP contribution >= 0.6 is 7.82 Å². The van der Waals surface area contributed by atoms with Crippen LogP contribution in [0, 0.1) is 0 Å². The summed E-state index contributed by atoms with van der Waals surface area (Å²) in [4.78, 5) is 23.5. The van der Waals surface area contributed by atoms with Crippen molar-refractivity contribution in [2.75, 3.05) is 47.5 Å². The van der Waals surface area contributed by atoms with Crippen molar-refractivity contribution in [3.8, 4) is 0 Å². The van der Waals surface area contributed by atoms with E-state index >= 15 is 0 Å². The van der Waals surface area contributed by atoms with Crippen LogP contribution in [0.25, 0.3) is 0 Å².